The highest BCUT2D eigenvalue weighted by Gasteiger charge is 2.41. The number of alkyl carbamates (subject to hydrolysis) is 1. The molecule has 2 amide bonds. The van der Waals surface area contributed by atoms with Crippen molar-refractivity contribution in [2.24, 2.45) is 0 Å². The van der Waals surface area contributed by atoms with E-state index in [0.717, 1.165) is 27.8 Å². The number of anilines is 1. The molecule has 1 aliphatic carbocycles. The van der Waals surface area contributed by atoms with Crippen molar-refractivity contribution in [2.75, 3.05) is 11.5 Å². The van der Waals surface area contributed by atoms with Gasteiger partial charge in [-0.25, -0.2) is 9.59 Å². The lowest BCUT2D eigenvalue weighted by molar-refractivity contribution is -0.140. The molecule has 7 heteroatoms. The minimum absolute atomic E-state index is 0.0919. The molecule has 178 valence electrons. The molecule has 0 fully saturated rings. The maximum absolute atomic E-state index is 13.4. The molecule has 1 aliphatic heterocycles. The molecule has 0 bridgehead atoms. The van der Waals surface area contributed by atoms with E-state index in [-0.39, 0.29) is 18.9 Å². The molecule has 1 heterocycles. The highest BCUT2D eigenvalue weighted by atomic mass is 16.5. The van der Waals surface area contributed by atoms with E-state index >= 15 is 0 Å². The highest BCUT2D eigenvalue weighted by molar-refractivity contribution is 6.05. The molecule has 0 radical (unpaired) electrons. The summed E-state index contributed by atoms with van der Waals surface area (Å²) in [4.78, 5) is 39.3. The van der Waals surface area contributed by atoms with Crippen LogP contribution in [0.1, 0.15) is 36.0 Å². The van der Waals surface area contributed by atoms with Gasteiger partial charge in [0.25, 0.3) is 5.91 Å². The van der Waals surface area contributed by atoms with Crippen LogP contribution in [-0.2, 0) is 20.7 Å². The van der Waals surface area contributed by atoms with E-state index in [1.54, 1.807) is 19.1 Å². The quantitative estimate of drug-likeness (QED) is 0.559. The van der Waals surface area contributed by atoms with Crippen LogP contribution in [0, 0.1) is 0 Å². The van der Waals surface area contributed by atoms with Gasteiger partial charge in [0.1, 0.15) is 18.7 Å². The van der Waals surface area contributed by atoms with Gasteiger partial charge in [0.05, 0.1) is 0 Å². The van der Waals surface area contributed by atoms with Crippen molar-refractivity contribution in [2.45, 2.75) is 37.8 Å². The van der Waals surface area contributed by atoms with Crippen LogP contribution in [0.4, 0.5) is 10.5 Å². The summed E-state index contributed by atoms with van der Waals surface area (Å²) in [6.45, 7) is 1.90. The molecule has 5 rings (SSSR count). The number of amides is 2. The van der Waals surface area contributed by atoms with Crippen molar-refractivity contribution in [3.05, 3.63) is 89.5 Å². The third kappa shape index (κ3) is 4.03. The number of rotatable bonds is 6. The van der Waals surface area contributed by atoms with Gasteiger partial charge in [-0.15, -0.1) is 0 Å². The summed E-state index contributed by atoms with van der Waals surface area (Å²) in [6, 6.07) is 21.3. The van der Waals surface area contributed by atoms with E-state index in [1.165, 1.54) is 4.90 Å². The molecule has 35 heavy (non-hydrogen) atoms. The zero-order valence-corrected chi connectivity index (χ0v) is 19.3. The van der Waals surface area contributed by atoms with Gasteiger partial charge >= 0.3 is 12.1 Å². The third-order valence-electron chi connectivity index (χ3n) is 6.84. The van der Waals surface area contributed by atoms with Gasteiger partial charge in [-0.2, -0.15) is 0 Å². The Morgan fingerprint density at radius 2 is 1.57 bits per heavy atom. The number of carboxylic acid groups (broad SMARTS) is 1. The summed E-state index contributed by atoms with van der Waals surface area (Å²) in [7, 11) is 0. The molecule has 0 spiro atoms. The molecular formula is C28H26N2O5. The first-order valence-electron chi connectivity index (χ1n) is 11.7. The standard InChI is InChI=1S/C28H26N2O5/c1-2-23(26(31)30-24-14-8-3-9-17(24)15-25(30)27(32)33)29-28(34)35-16-22-20-12-6-4-10-18(20)19-11-5-7-13-21(19)22/h3-14,22-23,25H,2,15-16H2,1H3,(H,29,34)(H,32,33)/t23-,25?/m0/s1. The molecule has 0 saturated heterocycles. The molecule has 0 aromatic heterocycles. The summed E-state index contributed by atoms with van der Waals surface area (Å²) in [5, 5.41) is 12.4. The Morgan fingerprint density at radius 1 is 0.971 bits per heavy atom. The predicted molar refractivity (Wildman–Crippen MR) is 131 cm³/mol. The second-order valence-corrected chi connectivity index (χ2v) is 8.83. The summed E-state index contributed by atoms with van der Waals surface area (Å²) in [5.41, 5.74) is 5.82. The summed E-state index contributed by atoms with van der Waals surface area (Å²) >= 11 is 0. The Labute approximate surface area is 203 Å². The third-order valence-corrected chi connectivity index (χ3v) is 6.84. The van der Waals surface area contributed by atoms with Crippen molar-refractivity contribution >= 4 is 23.7 Å². The Kier molecular flexibility index (Phi) is 5.99. The zero-order chi connectivity index (χ0) is 24.5. The number of nitrogens with one attached hydrogen (secondary N) is 1. The fourth-order valence-corrected chi connectivity index (χ4v) is 5.14. The van der Waals surface area contributed by atoms with Crippen molar-refractivity contribution in [3.8, 4) is 11.1 Å². The van der Waals surface area contributed by atoms with Crippen LogP contribution in [-0.4, -0.2) is 41.8 Å². The summed E-state index contributed by atoms with van der Waals surface area (Å²) < 4.78 is 5.59. The molecule has 1 unspecified atom stereocenters. The van der Waals surface area contributed by atoms with E-state index in [1.807, 2.05) is 48.5 Å². The van der Waals surface area contributed by atoms with E-state index in [9.17, 15) is 19.5 Å². The SMILES string of the molecule is CC[C@H](NC(=O)OCC1c2ccccc2-c2ccccc21)C(=O)N1c2ccccc2CC1C(=O)O. The topological polar surface area (TPSA) is 95.9 Å². The van der Waals surface area contributed by atoms with E-state index in [0.29, 0.717) is 12.1 Å². The average molecular weight is 471 g/mol. The smallest absolute Gasteiger partial charge is 0.407 e. The van der Waals surface area contributed by atoms with Gasteiger partial charge in [0.15, 0.2) is 0 Å². The Balaban J connectivity index is 1.29. The van der Waals surface area contributed by atoms with E-state index in [4.69, 9.17) is 4.74 Å². The maximum atomic E-state index is 13.4. The number of benzene rings is 3. The number of carbonyl (C=O) groups is 3. The first-order valence-corrected chi connectivity index (χ1v) is 11.7. The van der Waals surface area contributed by atoms with Gasteiger partial charge < -0.3 is 15.2 Å². The lowest BCUT2D eigenvalue weighted by atomic mass is 9.98. The number of nitrogens with zero attached hydrogens (tertiary/aromatic N) is 1. The Bertz CT molecular complexity index is 1260. The predicted octanol–water partition coefficient (Wildman–Crippen LogP) is 4.35. The molecule has 3 aromatic rings. The van der Waals surface area contributed by atoms with Crippen LogP contribution in [0.5, 0.6) is 0 Å². The minimum Gasteiger partial charge on any atom is -0.480 e. The fraction of sp³-hybridized carbons (Fsp3) is 0.250. The first kappa shape index (κ1) is 22.7. The molecule has 3 aromatic carbocycles. The largest absolute Gasteiger partial charge is 0.480 e. The number of carbonyl (C=O) groups excluding carboxylic acids is 2. The van der Waals surface area contributed by atoms with Gasteiger partial charge in [-0.1, -0.05) is 73.7 Å². The molecular weight excluding hydrogens is 444 g/mol. The van der Waals surface area contributed by atoms with Gasteiger partial charge in [-0.3, -0.25) is 9.69 Å². The van der Waals surface area contributed by atoms with E-state index < -0.39 is 30.1 Å². The van der Waals surface area contributed by atoms with Gasteiger partial charge in [0, 0.05) is 18.0 Å². The number of hydrogen-bond acceptors (Lipinski definition) is 4. The number of fused-ring (bicyclic) bond motifs is 4. The fourth-order valence-electron chi connectivity index (χ4n) is 5.14. The number of ether oxygens (including phenoxy) is 1. The first-order chi connectivity index (χ1) is 17.0. The molecule has 2 aliphatic rings. The van der Waals surface area contributed by atoms with Crippen LogP contribution < -0.4 is 10.2 Å². The lowest BCUT2D eigenvalue weighted by Gasteiger charge is -2.27. The van der Waals surface area contributed by atoms with Crippen molar-refractivity contribution in [1.82, 2.24) is 5.32 Å². The second-order valence-electron chi connectivity index (χ2n) is 8.83. The molecule has 7 nitrogen and oxygen atoms in total. The molecule has 0 saturated carbocycles. The molecule has 2 atom stereocenters. The monoisotopic (exact) mass is 470 g/mol. The van der Waals surface area contributed by atoms with Crippen molar-refractivity contribution in [3.63, 3.8) is 0 Å². The average Bonchev–Trinajstić information content (AvgIpc) is 3.42. The van der Waals surface area contributed by atoms with Crippen molar-refractivity contribution in [1.29, 1.82) is 0 Å². The Morgan fingerprint density at radius 3 is 2.20 bits per heavy atom. The highest BCUT2D eigenvalue weighted by Crippen LogP contribution is 2.44. The van der Waals surface area contributed by atoms with Crippen LogP contribution in [0.3, 0.4) is 0 Å². The second kappa shape index (κ2) is 9.25. The van der Waals surface area contributed by atoms with Crippen LogP contribution in [0.25, 0.3) is 11.1 Å². The number of para-hydroxylation sites is 1. The van der Waals surface area contributed by atoms with Crippen LogP contribution >= 0.6 is 0 Å². The summed E-state index contributed by atoms with van der Waals surface area (Å²) in [6.07, 6.45) is -0.168. The number of hydrogen-bond donors (Lipinski definition) is 2. The summed E-state index contributed by atoms with van der Waals surface area (Å²) in [5.74, 6) is -1.63. The van der Waals surface area contributed by atoms with E-state index in [2.05, 4.69) is 17.4 Å². The normalized spacial score (nSPS) is 16.7. The van der Waals surface area contributed by atoms with Gasteiger partial charge in [0.2, 0.25) is 0 Å². The van der Waals surface area contributed by atoms with Crippen LogP contribution in [0.15, 0.2) is 72.8 Å². The lowest BCUT2D eigenvalue weighted by Crippen LogP contribution is -2.53. The molecule has 2 N–H and O–H groups in total. The van der Waals surface area contributed by atoms with Crippen molar-refractivity contribution < 1.29 is 24.2 Å². The number of aliphatic carboxylic acids is 1. The van der Waals surface area contributed by atoms with Crippen LogP contribution in [0.2, 0.25) is 0 Å². The Hall–Kier alpha value is -4.13. The number of carboxylic acids is 1. The minimum atomic E-state index is -1.08. The van der Waals surface area contributed by atoms with Gasteiger partial charge in [-0.05, 0) is 40.3 Å². The maximum Gasteiger partial charge on any atom is 0.407 e. The zero-order valence-electron chi connectivity index (χ0n) is 19.3.